The largest absolute Gasteiger partial charge is 0.478 e. The van der Waals surface area contributed by atoms with Crippen LogP contribution in [-0.2, 0) is 0 Å². The molecule has 0 atom stereocenters. The second-order valence-corrected chi connectivity index (χ2v) is 4.74. The molecule has 0 aliphatic rings. The molecule has 0 bridgehead atoms. The Balaban J connectivity index is 2.31. The van der Waals surface area contributed by atoms with E-state index in [1.807, 2.05) is 0 Å². The number of halogens is 2. The molecule has 1 aromatic heterocycles. The minimum absolute atomic E-state index is 0.142. The summed E-state index contributed by atoms with van der Waals surface area (Å²) in [5.74, 6) is -0.943. The lowest BCUT2D eigenvalue weighted by atomic mass is 10.2. The summed E-state index contributed by atoms with van der Waals surface area (Å²) in [5.41, 5.74) is 1.06. The van der Waals surface area contributed by atoms with Crippen LogP contribution in [0.3, 0.4) is 0 Å². The van der Waals surface area contributed by atoms with E-state index in [0.29, 0.717) is 21.7 Å². The third-order valence-corrected chi connectivity index (χ3v) is 3.20. The first-order valence-electron chi connectivity index (χ1n) is 5.40. The predicted molar refractivity (Wildman–Crippen MR) is 73.3 cm³/mol. The van der Waals surface area contributed by atoms with Gasteiger partial charge >= 0.3 is 5.97 Å². The number of aromatic nitrogens is 1. The molecule has 1 heterocycles. The number of carboxylic acids is 1. The van der Waals surface area contributed by atoms with E-state index in [9.17, 15) is 9.18 Å². The van der Waals surface area contributed by atoms with Crippen LogP contribution in [-0.4, -0.2) is 16.1 Å². The number of pyridine rings is 1. The zero-order valence-electron chi connectivity index (χ0n) is 9.95. The van der Waals surface area contributed by atoms with Crippen LogP contribution in [0.2, 0.25) is 0 Å². The number of hydrogen-bond acceptors (Lipinski definition) is 3. The first-order chi connectivity index (χ1) is 8.97. The molecule has 98 valence electrons. The second kappa shape index (κ2) is 5.36. The number of aryl methyl sites for hydroxylation is 1. The lowest BCUT2D eigenvalue weighted by molar-refractivity contribution is 0.0695. The maximum absolute atomic E-state index is 13.1. The van der Waals surface area contributed by atoms with E-state index < -0.39 is 5.97 Å². The number of anilines is 2. The summed E-state index contributed by atoms with van der Waals surface area (Å²) >= 11 is 3.29. The fourth-order valence-corrected chi connectivity index (χ4v) is 1.93. The molecule has 0 saturated heterocycles. The van der Waals surface area contributed by atoms with Crippen LogP contribution >= 0.6 is 15.9 Å². The standard InChI is InChI=1S/C13H10BrFN2O2/c1-7-9(13(18)19)3-5-12(16-7)17-11-6-8(15)2-4-10(11)14/h2-6H,1H3,(H,16,17)(H,18,19). The molecule has 0 radical (unpaired) electrons. The Hall–Kier alpha value is -1.95. The summed E-state index contributed by atoms with van der Waals surface area (Å²) in [7, 11) is 0. The number of aromatic carboxylic acids is 1. The van der Waals surface area contributed by atoms with Gasteiger partial charge in [0.1, 0.15) is 11.6 Å². The predicted octanol–water partition coefficient (Wildman–Crippen LogP) is 3.73. The van der Waals surface area contributed by atoms with Gasteiger partial charge in [-0.2, -0.15) is 0 Å². The Kier molecular flexibility index (Phi) is 3.80. The number of carboxylic acid groups (broad SMARTS) is 1. The van der Waals surface area contributed by atoms with Gasteiger partial charge in [-0.1, -0.05) is 0 Å². The lowest BCUT2D eigenvalue weighted by Gasteiger charge is -2.09. The van der Waals surface area contributed by atoms with Gasteiger partial charge in [-0.3, -0.25) is 0 Å². The molecule has 0 aliphatic carbocycles. The smallest absolute Gasteiger partial charge is 0.337 e. The average Bonchev–Trinajstić information content (AvgIpc) is 2.33. The van der Waals surface area contributed by atoms with Gasteiger partial charge in [0.05, 0.1) is 16.9 Å². The van der Waals surface area contributed by atoms with Gasteiger partial charge in [-0.05, 0) is 53.2 Å². The van der Waals surface area contributed by atoms with Crippen LogP contribution in [0.25, 0.3) is 0 Å². The van der Waals surface area contributed by atoms with E-state index in [0.717, 1.165) is 0 Å². The fourth-order valence-electron chi connectivity index (χ4n) is 1.59. The summed E-state index contributed by atoms with van der Waals surface area (Å²) in [6, 6.07) is 7.23. The highest BCUT2D eigenvalue weighted by Crippen LogP contribution is 2.26. The number of nitrogens with zero attached hydrogens (tertiary/aromatic N) is 1. The Morgan fingerprint density at radius 3 is 2.74 bits per heavy atom. The minimum atomic E-state index is -1.02. The molecule has 0 spiro atoms. The van der Waals surface area contributed by atoms with E-state index in [-0.39, 0.29) is 11.4 Å². The van der Waals surface area contributed by atoms with Crippen molar-refractivity contribution in [2.24, 2.45) is 0 Å². The summed E-state index contributed by atoms with van der Waals surface area (Å²) < 4.78 is 13.8. The zero-order valence-corrected chi connectivity index (χ0v) is 11.5. The Morgan fingerprint density at radius 2 is 2.11 bits per heavy atom. The number of carbonyl (C=O) groups is 1. The van der Waals surface area contributed by atoms with Crippen molar-refractivity contribution < 1.29 is 14.3 Å². The summed E-state index contributed by atoms with van der Waals surface area (Å²) in [6.45, 7) is 1.61. The first kappa shape index (κ1) is 13.5. The molecule has 2 rings (SSSR count). The van der Waals surface area contributed by atoms with Crippen molar-refractivity contribution in [2.75, 3.05) is 5.32 Å². The molecule has 0 saturated carbocycles. The normalized spacial score (nSPS) is 10.3. The maximum atomic E-state index is 13.1. The molecule has 4 nitrogen and oxygen atoms in total. The quantitative estimate of drug-likeness (QED) is 0.902. The highest BCUT2D eigenvalue weighted by molar-refractivity contribution is 9.10. The topological polar surface area (TPSA) is 62.2 Å². The molecular weight excluding hydrogens is 315 g/mol. The monoisotopic (exact) mass is 324 g/mol. The van der Waals surface area contributed by atoms with Gasteiger partial charge in [0.15, 0.2) is 0 Å². The highest BCUT2D eigenvalue weighted by atomic mass is 79.9. The minimum Gasteiger partial charge on any atom is -0.478 e. The fraction of sp³-hybridized carbons (Fsp3) is 0.0769. The van der Waals surface area contributed by atoms with Crippen LogP contribution < -0.4 is 5.32 Å². The van der Waals surface area contributed by atoms with E-state index in [2.05, 4.69) is 26.2 Å². The summed E-state index contributed by atoms with van der Waals surface area (Å²) in [5, 5.41) is 11.8. The van der Waals surface area contributed by atoms with Gasteiger partial charge in [0.25, 0.3) is 0 Å². The average molecular weight is 325 g/mol. The third-order valence-electron chi connectivity index (χ3n) is 2.51. The number of nitrogens with one attached hydrogen (secondary N) is 1. The van der Waals surface area contributed by atoms with E-state index in [1.54, 1.807) is 13.0 Å². The molecule has 2 N–H and O–H groups in total. The molecule has 2 aromatic rings. The molecule has 1 aromatic carbocycles. The first-order valence-corrected chi connectivity index (χ1v) is 6.19. The Labute approximate surface area is 117 Å². The molecule has 6 heteroatoms. The van der Waals surface area contributed by atoms with Crippen LogP contribution in [0.15, 0.2) is 34.8 Å². The van der Waals surface area contributed by atoms with Crippen LogP contribution in [0, 0.1) is 12.7 Å². The Bertz CT molecular complexity index is 647. The van der Waals surface area contributed by atoms with Crippen molar-refractivity contribution in [2.45, 2.75) is 6.92 Å². The summed E-state index contributed by atoms with van der Waals surface area (Å²) in [6.07, 6.45) is 0. The van der Waals surface area contributed by atoms with Crippen molar-refractivity contribution in [3.05, 3.63) is 51.9 Å². The van der Waals surface area contributed by atoms with E-state index in [4.69, 9.17) is 5.11 Å². The van der Waals surface area contributed by atoms with Crippen molar-refractivity contribution in [1.29, 1.82) is 0 Å². The van der Waals surface area contributed by atoms with Crippen LogP contribution in [0.5, 0.6) is 0 Å². The van der Waals surface area contributed by atoms with Crippen molar-refractivity contribution in [3.63, 3.8) is 0 Å². The van der Waals surface area contributed by atoms with E-state index >= 15 is 0 Å². The lowest BCUT2D eigenvalue weighted by Crippen LogP contribution is -2.04. The Morgan fingerprint density at radius 1 is 1.37 bits per heavy atom. The van der Waals surface area contributed by atoms with Gasteiger partial charge in [-0.25, -0.2) is 14.2 Å². The molecule has 19 heavy (non-hydrogen) atoms. The second-order valence-electron chi connectivity index (χ2n) is 3.88. The SMILES string of the molecule is Cc1nc(Nc2cc(F)ccc2Br)ccc1C(=O)O. The molecule has 0 fully saturated rings. The number of benzene rings is 1. The third kappa shape index (κ3) is 3.08. The van der Waals surface area contributed by atoms with E-state index in [1.165, 1.54) is 24.3 Å². The highest BCUT2D eigenvalue weighted by Gasteiger charge is 2.09. The number of rotatable bonds is 3. The molecule has 0 amide bonds. The van der Waals surface area contributed by atoms with Crippen molar-refractivity contribution in [1.82, 2.24) is 4.98 Å². The zero-order chi connectivity index (χ0) is 14.0. The summed E-state index contributed by atoms with van der Waals surface area (Å²) in [4.78, 5) is 15.0. The van der Waals surface area contributed by atoms with Crippen LogP contribution in [0.1, 0.15) is 16.1 Å². The van der Waals surface area contributed by atoms with Gasteiger partial charge in [-0.15, -0.1) is 0 Å². The maximum Gasteiger partial charge on any atom is 0.337 e. The van der Waals surface area contributed by atoms with Gasteiger partial charge in [0, 0.05) is 4.47 Å². The molecule has 0 unspecified atom stereocenters. The van der Waals surface area contributed by atoms with Crippen LogP contribution in [0.4, 0.5) is 15.9 Å². The molecule has 0 aliphatic heterocycles. The van der Waals surface area contributed by atoms with Crippen molar-refractivity contribution in [3.8, 4) is 0 Å². The van der Waals surface area contributed by atoms with Crippen molar-refractivity contribution >= 4 is 33.4 Å². The van der Waals surface area contributed by atoms with Gasteiger partial charge < -0.3 is 10.4 Å². The number of hydrogen-bond donors (Lipinski definition) is 2. The molecular formula is C13H10BrFN2O2. The van der Waals surface area contributed by atoms with Gasteiger partial charge in [0.2, 0.25) is 0 Å².